The molecule has 0 unspecified atom stereocenters. The minimum atomic E-state index is -2.87. The van der Waals surface area contributed by atoms with E-state index < -0.39 is 12.0 Å². The number of hydrogen-bond donors (Lipinski definition) is 1. The lowest BCUT2D eigenvalue weighted by atomic mass is 9.65. The van der Waals surface area contributed by atoms with Gasteiger partial charge in [-0.3, -0.25) is 0 Å². The van der Waals surface area contributed by atoms with E-state index in [1.54, 1.807) is 6.07 Å². The van der Waals surface area contributed by atoms with Crippen molar-refractivity contribution in [2.24, 2.45) is 0 Å². The van der Waals surface area contributed by atoms with Crippen LogP contribution < -0.4 is 4.74 Å². The highest BCUT2D eigenvalue weighted by molar-refractivity contribution is 6.30. The van der Waals surface area contributed by atoms with Gasteiger partial charge < -0.3 is 9.84 Å². The molecule has 1 fully saturated rings. The quantitative estimate of drug-likeness (QED) is 0.902. The number of rotatable bonds is 4. The standard InChI is InChI=1S/C12H13ClF2O2/c13-8-2-3-10(17-11(14)15)9(6-8)12(7-16)4-1-5-12/h2-3,6,11,16H,1,4-5,7H2. The van der Waals surface area contributed by atoms with E-state index in [9.17, 15) is 13.9 Å². The van der Waals surface area contributed by atoms with Crippen LogP contribution in [0.2, 0.25) is 5.02 Å². The van der Waals surface area contributed by atoms with Crippen molar-refractivity contribution in [1.82, 2.24) is 0 Å². The normalized spacial score (nSPS) is 17.9. The molecule has 0 atom stereocenters. The number of aliphatic hydroxyl groups excluding tert-OH is 1. The van der Waals surface area contributed by atoms with E-state index in [1.807, 2.05) is 0 Å². The molecule has 0 saturated heterocycles. The summed E-state index contributed by atoms with van der Waals surface area (Å²) in [5, 5.41) is 9.91. The Morgan fingerprint density at radius 3 is 2.59 bits per heavy atom. The van der Waals surface area contributed by atoms with E-state index in [-0.39, 0.29) is 12.4 Å². The van der Waals surface area contributed by atoms with Gasteiger partial charge in [0.25, 0.3) is 0 Å². The molecule has 5 heteroatoms. The van der Waals surface area contributed by atoms with Crippen LogP contribution >= 0.6 is 11.6 Å². The third-order valence-electron chi connectivity index (χ3n) is 3.34. The highest BCUT2D eigenvalue weighted by Gasteiger charge is 2.40. The molecule has 1 saturated carbocycles. The lowest BCUT2D eigenvalue weighted by Gasteiger charge is -2.41. The fraction of sp³-hybridized carbons (Fsp3) is 0.500. The molecular formula is C12H13ClF2O2. The van der Waals surface area contributed by atoms with Crippen molar-refractivity contribution in [3.05, 3.63) is 28.8 Å². The first kappa shape index (κ1) is 12.6. The van der Waals surface area contributed by atoms with Gasteiger partial charge in [-0.25, -0.2) is 0 Å². The Hall–Kier alpha value is -0.870. The maximum absolute atomic E-state index is 12.3. The molecule has 0 amide bonds. The Labute approximate surface area is 103 Å². The summed E-state index contributed by atoms with van der Waals surface area (Å²) in [5.41, 5.74) is 0.119. The molecule has 0 aliphatic heterocycles. The second kappa shape index (κ2) is 4.78. The monoisotopic (exact) mass is 262 g/mol. The molecule has 0 spiro atoms. The van der Waals surface area contributed by atoms with Gasteiger partial charge in [0.2, 0.25) is 0 Å². The molecule has 1 aliphatic rings. The number of halogens is 3. The Morgan fingerprint density at radius 2 is 2.12 bits per heavy atom. The van der Waals surface area contributed by atoms with E-state index in [0.717, 1.165) is 19.3 Å². The number of alkyl halides is 2. The Kier molecular flexibility index (Phi) is 3.54. The van der Waals surface area contributed by atoms with Crippen LogP contribution in [0.4, 0.5) is 8.78 Å². The Bertz CT molecular complexity index is 400. The summed E-state index contributed by atoms with van der Waals surface area (Å²) in [6, 6.07) is 4.54. The minimum Gasteiger partial charge on any atom is -0.435 e. The fourth-order valence-electron chi connectivity index (χ4n) is 2.23. The topological polar surface area (TPSA) is 29.5 Å². The number of hydrogen-bond acceptors (Lipinski definition) is 2. The average Bonchev–Trinajstić information content (AvgIpc) is 2.20. The molecule has 1 aromatic carbocycles. The van der Waals surface area contributed by atoms with Gasteiger partial charge in [-0.2, -0.15) is 8.78 Å². The zero-order valence-corrected chi connectivity index (χ0v) is 9.88. The maximum atomic E-state index is 12.3. The molecule has 2 rings (SSSR count). The minimum absolute atomic E-state index is 0.0764. The van der Waals surface area contributed by atoms with Gasteiger partial charge in [-0.1, -0.05) is 18.0 Å². The largest absolute Gasteiger partial charge is 0.435 e. The summed E-state index contributed by atoms with van der Waals surface area (Å²) in [5.74, 6) is 0.109. The average molecular weight is 263 g/mol. The zero-order valence-electron chi connectivity index (χ0n) is 9.13. The van der Waals surface area contributed by atoms with Crippen LogP contribution in [0.15, 0.2) is 18.2 Å². The van der Waals surface area contributed by atoms with Crippen LogP contribution in [0, 0.1) is 0 Å². The lowest BCUT2D eigenvalue weighted by molar-refractivity contribution is -0.0521. The van der Waals surface area contributed by atoms with Crippen LogP contribution in [0.3, 0.4) is 0 Å². The van der Waals surface area contributed by atoms with Gasteiger partial charge in [-0.15, -0.1) is 0 Å². The number of ether oxygens (including phenoxy) is 1. The van der Waals surface area contributed by atoms with Gasteiger partial charge in [0.1, 0.15) is 5.75 Å². The Morgan fingerprint density at radius 1 is 1.41 bits per heavy atom. The van der Waals surface area contributed by atoms with Crippen molar-refractivity contribution in [2.45, 2.75) is 31.3 Å². The molecule has 94 valence electrons. The molecule has 1 N–H and O–H groups in total. The van der Waals surface area contributed by atoms with E-state index in [1.165, 1.54) is 12.1 Å². The third-order valence-corrected chi connectivity index (χ3v) is 3.58. The van der Waals surface area contributed by atoms with Crippen molar-refractivity contribution in [3.8, 4) is 5.75 Å². The molecule has 1 aliphatic carbocycles. The predicted octanol–water partition coefficient (Wildman–Crippen LogP) is 3.36. The highest BCUT2D eigenvalue weighted by Crippen LogP contribution is 2.47. The van der Waals surface area contributed by atoms with Gasteiger partial charge >= 0.3 is 6.61 Å². The van der Waals surface area contributed by atoms with Gasteiger partial charge in [-0.05, 0) is 31.0 Å². The molecule has 0 heterocycles. The summed E-state index contributed by atoms with van der Waals surface area (Å²) in [4.78, 5) is 0. The van der Waals surface area contributed by atoms with Crippen LogP contribution in [0.5, 0.6) is 5.75 Å². The summed E-state index contributed by atoms with van der Waals surface area (Å²) < 4.78 is 29.1. The van der Waals surface area contributed by atoms with Crippen LogP contribution in [0.25, 0.3) is 0 Å². The summed E-state index contributed by atoms with van der Waals surface area (Å²) in [7, 11) is 0. The van der Waals surface area contributed by atoms with E-state index in [2.05, 4.69) is 4.74 Å². The molecule has 2 nitrogen and oxygen atoms in total. The zero-order chi connectivity index (χ0) is 12.5. The van der Waals surface area contributed by atoms with Gasteiger partial charge in [0, 0.05) is 16.0 Å². The van der Waals surface area contributed by atoms with E-state index in [0.29, 0.717) is 10.6 Å². The van der Waals surface area contributed by atoms with Crippen molar-refractivity contribution in [3.63, 3.8) is 0 Å². The molecule has 0 radical (unpaired) electrons. The van der Waals surface area contributed by atoms with Crippen molar-refractivity contribution in [2.75, 3.05) is 6.61 Å². The molecule has 1 aromatic rings. The summed E-state index contributed by atoms with van der Waals surface area (Å²) >= 11 is 5.87. The third kappa shape index (κ3) is 2.38. The Balaban J connectivity index is 2.39. The first-order valence-electron chi connectivity index (χ1n) is 5.43. The smallest absolute Gasteiger partial charge is 0.387 e. The molecule has 0 bridgehead atoms. The van der Waals surface area contributed by atoms with Crippen molar-refractivity contribution >= 4 is 11.6 Å². The second-order valence-corrected chi connectivity index (χ2v) is 4.75. The van der Waals surface area contributed by atoms with Crippen LogP contribution in [-0.4, -0.2) is 18.3 Å². The summed E-state index contributed by atoms with van der Waals surface area (Å²) in [6.07, 6.45) is 2.51. The maximum Gasteiger partial charge on any atom is 0.387 e. The fourth-order valence-corrected chi connectivity index (χ4v) is 2.40. The lowest BCUT2D eigenvalue weighted by Crippen LogP contribution is -2.38. The second-order valence-electron chi connectivity index (χ2n) is 4.31. The molecule has 0 aromatic heterocycles. The van der Waals surface area contributed by atoms with Crippen molar-refractivity contribution < 1.29 is 18.6 Å². The van der Waals surface area contributed by atoms with Gasteiger partial charge in [0.15, 0.2) is 0 Å². The predicted molar refractivity (Wildman–Crippen MR) is 60.7 cm³/mol. The van der Waals surface area contributed by atoms with Crippen LogP contribution in [0.1, 0.15) is 24.8 Å². The first-order chi connectivity index (χ1) is 8.07. The van der Waals surface area contributed by atoms with Gasteiger partial charge in [0.05, 0.1) is 6.61 Å². The molecule has 17 heavy (non-hydrogen) atoms. The number of aliphatic hydroxyl groups is 1. The number of benzene rings is 1. The molecular weight excluding hydrogens is 250 g/mol. The highest BCUT2D eigenvalue weighted by atomic mass is 35.5. The van der Waals surface area contributed by atoms with Crippen molar-refractivity contribution in [1.29, 1.82) is 0 Å². The summed E-state index contributed by atoms with van der Waals surface area (Å²) in [6.45, 7) is -2.95. The van der Waals surface area contributed by atoms with Crippen LogP contribution in [-0.2, 0) is 5.41 Å². The van der Waals surface area contributed by atoms with E-state index >= 15 is 0 Å². The SMILES string of the molecule is OCC1(c2cc(Cl)ccc2OC(F)F)CCC1. The van der Waals surface area contributed by atoms with E-state index in [4.69, 9.17) is 11.6 Å². The first-order valence-corrected chi connectivity index (χ1v) is 5.81.